The number of hydrogen-bond donors (Lipinski definition) is 1. The fourth-order valence-electron chi connectivity index (χ4n) is 4.17. The third kappa shape index (κ3) is 7.36. The zero-order valence-corrected chi connectivity index (χ0v) is 22.5. The number of anilines is 1. The van der Waals surface area contributed by atoms with Crippen LogP contribution in [0.25, 0.3) is 0 Å². The highest BCUT2D eigenvalue weighted by Crippen LogP contribution is 2.25. The number of ether oxygens (including phenoxy) is 1. The maximum absolute atomic E-state index is 13.1. The van der Waals surface area contributed by atoms with Gasteiger partial charge in [-0.25, -0.2) is 9.97 Å². The molecule has 1 N–H and O–H groups in total. The summed E-state index contributed by atoms with van der Waals surface area (Å²) in [6, 6.07) is 18.9. The van der Waals surface area contributed by atoms with Crippen molar-refractivity contribution in [3.63, 3.8) is 0 Å². The maximum Gasteiger partial charge on any atom is 0.254 e. The summed E-state index contributed by atoms with van der Waals surface area (Å²) in [6.07, 6.45) is 0.777. The van der Waals surface area contributed by atoms with E-state index in [9.17, 15) is 9.59 Å². The molecule has 1 atom stereocenters. The van der Waals surface area contributed by atoms with Gasteiger partial charge in [0.15, 0.2) is 5.16 Å². The van der Waals surface area contributed by atoms with Crippen LogP contribution in [0.4, 0.5) is 5.82 Å². The molecule has 3 aromatic rings. The standard InChI is InChI=1S/C27H30ClN5O3S/c1-19-17-32(13-14-33(19)26(35)21-9-6-10-22(15-21)36-2)24-16-23(28)30-27(31-24)37-18-25(34)29-12-11-20-7-4-3-5-8-20/h3-10,15-16,19H,11-14,17-18H2,1-2H3,(H,29,34). The van der Waals surface area contributed by atoms with Crippen LogP contribution < -0.4 is 15.0 Å². The van der Waals surface area contributed by atoms with Crippen LogP contribution in [0.15, 0.2) is 65.8 Å². The van der Waals surface area contributed by atoms with Crippen molar-refractivity contribution in [2.24, 2.45) is 0 Å². The molecule has 37 heavy (non-hydrogen) atoms. The lowest BCUT2D eigenvalue weighted by Gasteiger charge is -2.40. The van der Waals surface area contributed by atoms with Crippen LogP contribution in [0.3, 0.4) is 0 Å². The topological polar surface area (TPSA) is 87.7 Å². The van der Waals surface area contributed by atoms with Gasteiger partial charge in [-0.1, -0.05) is 59.8 Å². The molecule has 0 saturated carbocycles. The van der Waals surface area contributed by atoms with E-state index in [0.29, 0.717) is 53.6 Å². The second-order valence-corrected chi connectivity index (χ2v) is 10.1. The van der Waals surface area contributed by atoms with Crippen LogP contribution in [0.2, 0.25) is 5.15 Å². The highest BCUT2D eigenvalue weighted by atomic mass is 35.5. The van der Waals surface area contributed by atoms with Gasteiger partial charge in [0, 0.05) is 43.9 Å². The number of amides is 2. The lowest BCUT2D eigenvalue weighted by atomic mass is 10.1. The summed E-state index contributed by atoms with van der Waals surface area (Å²) in [4.78, 5) is 38.3. The monoisotopic (exact) mass is 539 g/mol. The van der Waals surface area contributed by atoms with Crippen molar-refractivity contribution in [1.29, 1.82) is 0 Å². The molecule has 2 amide bonds. The van der Waals surface area contributed by atoms with E-state index >= 15 is 0 Å². The molecular formula is C27H30ClN5O3S. The van der Waals surface area contributed by atoms with Gasteiger partial charge in [0.2, 0.25) is 5.91 Å². The number of thioether (sulfide) groups is 1. The number of benzene rings is 2. The van der Waals surface area contributed by atoms with E-state index in [1.54, 1.807) is 25.3 Å². The number of halogens is 1. The molecule has 0 aliphatic carbocycles. The predicted octanol–water partition coefficient (Wildman–Crippen LogP) is 3.94. The largest absolute Gasteiger partial charge is 0.497 e. The van der Waals surface area contributed by atoms with Gasteiger partial charge >= 0.3 is 0 Å². The molecule has 1 unspecified atom stereocenters. The van der Waals surface area contributed by atoms with E-state index in [2.05, 4.69) is 20.2 Å². The van der Waals surface area contributed by atoms with Crippen LogP contribution in [-0.2, 0) is 11.2 Å². The number of aromatic nitrogens is 2. The van der Waals surface area contributed by atoms with Gasteiger partial charge in [0.1, 0.15) is 16.7 Å². The number of carbonyl (C=O) groups excluding carboxylic acids is 2. The van der Waals surface area contributed by atoms with Crippen LogP contribution >= 0.6 is 23.4 Å². The van der Waals surface area contributed by atoms with E-state index in [-0.39, 0.29) is 23.6 Å². The van der Waals surface area contributed by atoms with Gasteiger partial charge in [-0.3, -0.25) is 9.59 Å². The van der Waals surface area contributed by atoms with Crippen LogP contribution in [-0.4, -0.2) is 71.8 Å². The minimum Gasteiger partial charge on any atom is -0.497 e. The van der Waals surface area contributed by atoms with Crippen molar-refractivity contribution in [2.75, 3.05) is 43.9 Å². The van der Waals surface area contributed by atoms with E-state index < -0.39 is 0 Å². The number of rotatable bonds is 9. The number of carbonyl (C=O) groups is 2. The third-order valence-corrected chi connectivity index (χ3v) is 7.14. The summed E-state index contributed by atoms with van der Waals surface area (Å²) in [5.74, 6) is 1.44. The number of nitrogens with one attached hydrogen (secondary N) is 1. The summed E-state index contributed by atoms with van der Waals surface area (Å²) in [6.45, 7) is 4.35. The Balaban J connectivity index is 1.31. The number of nitrogens with zero attached hydrogens (tertiary/aromatic N) is 4. The summed E-state index contributed by atoms with van der Waals surface area (Å²) >= 11 is 7.54. The van der Waals surface area contributed by atoms with Gasteiger partial charge in [0.05, 0.1) is 12.9 Å². The average molecular weight is 540 g/mol. The highest BCUT2D eigenvalue weighted by Gasteiger charge is 2.29. The van der Waals surface area contributed by atoms with Crippen molar-refractivity contribution in [3.8, 4) is 5.75 Å². The molecule has 194 valence electrons. The Kier molecular flexibility index (Phi) is 9.24. The molecule has 0 radical (unpaired) electrons. The van der Waals surface area contributed by atoms with Crippen molar-refractivity contribution in [2.45, 2.75) is 24.5 Å². The average Bonchev–Trinajstić information content (AvgIpc) is 2.92. The van der Waals surface area contributed by atoms with Gasteiger partial charge in [-0.05, 0) is 37.1 Å². The van der Waals surface area contributed by atoms with Crippen molar-refractivity contribution in [1.82, 2.24) is 20.2 Å². The van der Waals surface area contributed by atoms with Gasteiger partial charge < -0.3 is 19.9 Å². The predicted molar refractivity (Wildman–Crippen MR) is 147 cm³/mol. The quantitative estimate of drug-likeness (QED) is 0.250. The second-order valence-electron chi connectivity index (χ2n) is 8.73. The number of piperazine rings is 1. The third-order valence-electron chi connectivity index (χ3n) is 6.10. The molecule has 0 bridgehead atoms. The summed E-state index contributed by atoms with van der Waals surface area (Å²) in [5.41, 5.74) is 1.78. The zero-order chi connectivity index (χ0) is 26.2. The Bertz CT molecular complexity index is 1230. The molecule has 10 heteroatoms. The molecule has 0 spiro atoms. The zero-order valence-electron chi connectivity index (χ0n) is 20.9. The minimum atomic E-state index is -0.0793. The minimum absolute atomic E-state index is 0.0266. The number of methoxy groups -OCH3 is 1. The normalized spacial score (nSPS) is 15.4. The lowest BCUT2D eigenvalue weighted by Crippen LogP contribution is -2.54. The molecule has 1 aliphatic rings. The molecule has 4 rings (SSSR count). The first kappa shape index (κ1) is 26.8. The Morgan fingerprint density at radius 1 is 1.11 bits per heavy atom. The fraction of sp³-hybridized carbons (Fsp3) is 0.333. The summed E-state index contributed by atoms with van der Waals surface area (Å²) in [7, 11) is 1.59. The number of hydrogen-bond acceptors (Lipinski definition) is 7. The van der Waals surface area contributed by atoms with Crippen molar-refractivity contribution < 1.29 is 14.3 Å². The van der Waals surface area contributed by atoms with Crippen LogP contribution in [0.5, 0.6) is 5.75 Å². The molecule has 1 aromatic heterocycles. The van der Waals surface area contributed by atoms with Crippen molar-refractivity contribution >= 4 is 41.0 Å². The van der Waals surface area contributed by atoms with E-state index in [1.807, 2.05) is 54.3 Å². The van der Waals surface area contributed by atoms with E-state index in [4.69, 9.17) is 16.3 Å². The van der Waals surface area contributed by atoms with Gasteiger partial charge in [0.25, 0.3) is 5.91 Å². The summed E-state index contributed by atoms with van der Waals surface area (Å²) in [5, 5.41) is 3.70. The highest BCUT2D eigenvalue weighted by molar-refractivity contribution is 7.99. The maximum atomic E-state index is 13.1. The SMILES string of the molecule is COc1cccc(C(=O)N2CCN(c3cc(Cl)nc(SCC(=O)NCCc4ccccc4)n3)CC2C)c1. The Morgan fingerprint density at radius 3 is 2.68 bits per heavy atom. The first-order chi connectivity index (χ1) is 17.9. The molecular weight excluding hydrogens is 510 g/mol. The Morgan fingerprint density at radius 2 is 1.92 bits per heavy atom. The second kappa shape index (κ2) is 12.8. The summed E-state index contributed by atoms with van der Waals surface area (Å²) < 4.78 is 5.26. The lowest BCUT2D eigenvalue weighted by molar-refractivity contribution is -0.118. The Labute approximate surface area is 226 Å². The van der Waals surface area contributed by atoms with E-state index in [1.165, 1.54) is 17.3 Å². The van der Waals surface area contributed by atoms with Gasteiger partial charge in [-0.2, -0.15) is 0 Å². The van der Waals surface area contributed by atoms with Crippen LogP contribution in [0.1, 0.15) is 22.8 Å². The van der Waals surface area contributed by atoms with Gasteiger partial charge in [-0.15, -0.1) is 0 Å². The smallest absolute Gasteiger partial charge is 0.254 e. The van der Waals surface area contributed by atoms with E-state index in [0.717, 1.165) is 6.42 Å². The van der Waals surface area contributed by atoms with Crippen LogP contribution in [0, 0.1) is 0 Å². The first-order valence-corrected chi connectivity index (χ1v) is 13.5. The molecule has 2 aromatic carbocycles. The molecule has 1 saturated heterocycles. The molecule has 8 nitrogen and oxygen atoms in total. The molecule has 2 heterocycles. The van der Waals surface area contributed by atoms with Crippen molar-refractivity contribution in [3.05, 3.63) is 76.9 Å². The molecule has 1 aliphatic heterocycles. The Hall–Kier alpha value is -3.30. The first-order valence-electron chi connectivity index (χ1n) is 12.1. The fourth-order valence-corrected chi connectivity index (χ4v) is 5.08. The molecule has 1 fully saturated rings.